The number of fused-ring (bicyclic) bond motifs is 2. The van der Waals surface area contributed by atoms with E-state index in [0.717, 1.165) is 45.1 Å². The number of hydrogen-bond donors (Lipinski definition) is 0. The van der Waals surface area contributed by atoms with Gasteiger partial charge in [0.25, 0.3) is 0 Å². The van der Waals surface area contributed by atoms with Crippen molar-refractivity contribution in [3.8, 4) is 33.5 Å². The maximum atomic E-state index is 4.78. The molecule has 1 aliphatic heterocycles. The molecule has 39 heavy (non-hydrogen) atoms. The lowest BCUT2D eigenvalue weighted by molar-refractivity contribution is 1.17. The Kier molecular flexibility index (Phi) is 5.80. The first-order valence-electron chi connectivity index (χ1n) is 13.1. The maximum absolute atomic E-state index is 4.78. The molecule has 3 heterocycles. The van der Waals surface area contributed by atoms with Gasteiger partial charge in [0.15, 0.2) is 0 Å². The van der Waals surface area contributed by atoms with Gasteiger partial charge in [-0.2, -0.15) is 0 Å². The summed E-state index contributed by atoms with van der Waals surface area (Å²) < 4.78 is 0. The molecule has 0 amide bonds. The monoisotopic (exact) mass is 499 g/mol. The van der Waals surface area contributed by atoms with Crippen LogP contribution in [0.5, 0.6) is 0 Å². The van der Waals surface area contributed by atoms with Crippen molar-refractivity contribution in [2.45, 2.75) is 0 Å². The van der Waals surface area contributed by atoms with Gasteiger partial charge in [-0.3, -0.25) is 9.88 Å². The summed E-state index contributed by atoms with van der Waals surface area (Å²) in [6.07, 6.45) is 8.04. The molecule has 0 atom stereocenters. The fourth-order valence-electron chi connectivity index (χ4n) is 5.17. The second kappa shape index (κ2) is 9.88. The lowest BCUT2D eigenvalue weighted by Gasteiger charge is -2.26. The van der Waals surface area contributed by atoms with E-state index in [1.165, 1.54) is 16.7 Å². The van der Waals surface area contributed by atoms with Crippen LogP contribution in [0, 0.1) is 0 Å². The Bertz CT molecular complexity index is 1750. The smallest absolute Gasteiger partial charge is 0.144 e. The molecule has 0 spiro atoms. The van der Waals surface area contributed by atoms with Gasteiger partial charge in [-0.25, -0.2) is 4.98 Å². The Balaban J connectivity index is 1.26. The van der Waals surface area contributed by atoms with Gasteiger partial charge in [0.2, 0.25) is 0 Å². The highest BCUT2D eigenvalue weighted by Crippen LogP contribution is 2.41. The standard InChI is InChI=1S/C36H25N3/c1-2-8-26(9-3-1)27-15-17-28(18-16-27)31-21-23-37-34(25-31)32-11-6-13-33(24-32)39-35-14-5-4-10-29(35)19-20-30-12-7-22-38-36(30)39/h1-25H. The molecular weight excluding hydrogens is 474 g/mol. The van der Waals surface area contributed by atoms with E-state index in [0.29, 0.717) is 0 Å². The number of pyridine rings is 2. The molecule has 3 nitrogen and oxygen atoms in total. The van der Waals surface area contributed by atoms with Gasteiger partial charge in [-0.15, -0.1) is 0 Å². The number of para-hydroxylation sites is 1. The minimum absolute atomic E-state index is 0.913. The number of benzene rings is 4. The SMILES string of the molecule is C1=Cc2cccnc2N(c2cccc(-c3cc(-c4ccc(-c5ccccc5)cc4)ccn3)c2)c2ccccc21. The predicted molar refractivity (Wildman–Crippen MR) is 162 cm³/mol. The summed E-state index contributed by atoms with van der Waals surface area (Å²) in [6.45, 7) is 0. The first-order chi connectivity index (χ1) is 19.3. The molecule has 0 bridgehead atoms. The third kappa shape index (κ3) is 4.41. The molecule has 0 N–H and O–H groups in total. The van der Waals surface area contributed by atoms with E-state index in [1.807, 2.05) is 24.5 Å². The van der Waals surface area contributed by atoms with E-state index >= 15 is 0 Å². The van der Waals surface area contributed by atoms with Crippen molar-refractivity contribution in [1.82, 2.24) is 9.97 Å². The molecule has 0 radical (unpaired) electrons. The Morgan fingerprint density at radius 3 is 2.00 bits per heavy atom. The van der Waals surface area contributed by atoms with Crippen molar-refractivity contribution < 1.29 is 0 Å². The van der Waals surface area contributed by atoms with E-state index < -0.39 is 0 Å². The van der Waals surface area contributed by atoms with Crippen molar-refractivity contribution in [3.63, 3.8) is 0 Å². The summed E-state index contributed by atoms with van der Waals surface area (Å²) in [5, 5.41) is 0. The van der Waals surface area contributed by atoms with Crippen LogP contribution in [-0.2, 0) is 0 Å². The molecule has 6 aromatic rings. The van der Waals surface area contributed by atoms with E-state index in [-0.39, 0.29) is 0 Å². The van der Waals surface area contributed by atoms with Crippen LogP contribution in [0.15, 0.2) is 140 Å². The Morgan fingerprint density at radius 2 is 1.13 bits per heavy atom. The second-order valence-corrected chi connectivity index (χ2v) is 9.57. The highest BCUT2D eigenvalue weighted by Gasteiger charge is 2.21. The predicted octanol–water partition coefficient (Wildman–Crippen LogP) is 9.43. The van der Waals surface area contributed by atoms with Crippen LogP contribution in [0.3, 0.4) is 0 Å². The van der Waals surface area contributed by atoms with Crippen molar-refractivity contribution in [3.05, 3.63) is 151 Å². The summed E-state index contributed by atoms with van der Waals surface area (Å²) in [4.78, 5) is 11.8. The van der Waals surface area contributed by atoms with Gasteiger partial charge >= 0.3 is 0 Å². The van der Waals surface area contributed by atoms with Gasteiger partial charge in [-0.1, -0.05) is 97.1 Å². The molecule has 7 rings (SSSR count). The Labute approximate surface area is 228 Å². The third-order valence-electron chi connectivity index (χ3n) is 7.13. The summed E-state index contributed by atoms with van der Waals surface area (Å²) >= 11 is 0. The normalized spacial score (nSPS) is 11.9. The fourth-order valence-corrected chi connectivity index (χ4v) is 5.17. The van der Waals surface area contributed by atoms with Crippen molar-refractivity contribution >= 4 is 29.3 Å². The van der Waals surface area contributed by atoms with Gasteiger partial charge in [0.1, 0.15) is 5.82 Å². The van der Waals surface area contributed by atoms with Crippen molar-refractivity contribution in [1.29, 1.82) is 0 Å². The number of anilines is 3. The minimum atomic E-state index is 0.913. The van der Waals surface area contributed by atoms with Crippen molar-refractivity contribution in [2.24, 2.45) is 0 Å². The van der Waals surface area contributed by atoms with E-state index in [4.69, 9.17) is 9.97 Å². The average Bonchev–Trinajstić information content (AvgIpc) is 3.19. The van der Waals surface area contributed by atoms with Gasteiger partial charge < -0.3 is 0 Å². The molecule has 0 aliphatic carbocycles. The van der Waals surface area contributed by atoms with Gasteiger partial charge in [-0.05, 0) is 70.3 Å². The Morgan fingerprint density at radius 1 is 0.436 bits per heavy atom. The summed E-state index contributed by atoms with van der Waals surface area (Å²) in [6, 6.07) is 44.5. The molecule has 3 heteroatoms. The lowest BCUT2D eigenvalue weighted by Crippen LogP contribution is -2.13. The quantitative estimate of drug-likeness (QED) is 0.241. The zero-order valence-electron chi connectivity index (χ0n) is 21.3. The van der Waals surface area contributed by atoms with Gasteiger partial charge in [0.05, 0.1) is 11.4 Å². The number of rotatable bonds is 4. The fraction of sp³-hybridized carbons (Fsp3) is 0. The Hall–Kier alpha value is -5.28. The van der Waals surface area contributed by atoms with Crippen LogP contribution in [0.1, 0.15) is 11.1 Å². The molecule has 0 saturated heterocycles. The first kappa shape index (κ1) is 22.9. The minimum Gasteiger partial charge on any atom is -0.294 e. The molecule has 4 aromatic carbocycles. The lowest BCUT2D eigenvalue weighted by atomic mass is 9.99. The van der Waals surface area contributed by atoms with Crippen molar-refractivity contribution in [2.75, 3.05) is 4.90 Å². The first-order valence-corrected chi connectivity index (χ1v) is 13.1. The van der Waals surface area contributed by atoms with Crippen LogP contribution < -0.4 is 4.90 Å². The summed E-state index contributed by atoms with van der Waals surface area (Å²) in [7, 11) is 0. The van der Waals surface area contributed by atoms with E-state index in [2.05, 4.69) is 132 Å². The van der Waals surface area contributed by atoms with Crippen LogP contribution >= 0.6 is 0 Å². The molecule has 1 aliphatic rings. The molecule has 184 valence electrons. The average molecular weight is 500 g/mol. The van der Waals surface area contributed by atoms with E-state index in [9.17, 15) is 0 Å². The second-order valence-electron chi connectivity index (χ2n) is 9.57. The van der Waals surface area contributed by atoms with Crippen LogP contribution in [0.4, 0.5) is 17.2 Å². The number of hydrogen-bond acceptors (Lipinski definition) is 3. The molecular formula is C36H25N3. The highest BCUT2D eigenvalue weighted by molar-refractivity contribution is 5.92. The highest BCUT2D eigenvalue weighted by atomic mass is 15.2. The zero-order chi connectivity index (χ0) is 26.0. The van der Waals surface area contributed by atoms with Gasteiger partial charge in [0, 0.05) is 29.2 Å². The maximum Gasteiger partial charge on any atom is 0.144 e. The van der Waals surface area contributed by atoms with Crippen LogP contribution in [-0.4, -0.2) is 9.97 Å². The molecule has 0 saturated carbocycles. The molecule has 0 fully saturated rings. The zero-order valence-corrected chi connectivity index (χ0v) is 21.3. The third-order valence-corrected chi connectivity index (χ3v) is 7.13. The van der Waals surface area contributed by atoms with Crippen LogP contribution in [0.25, 0.3) is 45.7 Å². The largest absolute Gasteiger partial charge is 0.294 e. The topological polar surface area (TPSA) is 29.0 Å². The molecule has 2 aromatic heterocycles. The number of nitrogens with zero attached hydrogens (tertiary/aromatic N) is 3. The van der Waals surface area contributed by atoms with Crippen LogP contribution in [0.2, 0.25) is 0 Å². The van der Waals surface area contributed by atoms with E-state index in [1.54, 1.807) is 0 Å². The summed E-state index contributed by atoms with van der Waals surface area (Å²) in [5.41, 5.74) is 11.1. The number of aromatic nitrogens is 2. The molecule has 0 unspecified atom stereocenters. The summed E-state index contributed by atoms with van der Waals surface area (Å²) in [5.74, 6) is 0.913.